The Bertz CT molecular complexity index is 388. The second-order valence-electron chi connectivity index (χ2n) is 3.35. The Balaban J connectivity index is 2.37. The molecule has 2 amide bonds. The highest BCUT2D eigenvalue weighted by Crippen LogP contribution is 1.94. The van der Waals surface area contributed by atoms with Crippen LogP contribution in [0.4, 0.5) is 4.79 Å². The first-order valence-corrected chi connectivity index (χ1v) is 4.99. The molecule has 1 aromatic heterocycles. The maximum Gasteiger partial charge on any atom is 0.326 e. The van der Waals surface area contributed by atoms with Crippen LogP contribution in [-0.2, 0) is 11.3 Å². The molecule has 4 N–H and O–H groups in total. The number of nitrogens with zero attached hydrogens (tertiary/aromatic N) is 1. The van der Waals surface area contributed by atoms with Gasteiger partial charge in [0, 0.05) is 18.3 Å². The highest BCUT2D eigenvalue weighted by Gasteiger charge is 2.17. The van der Waals surface area contributed by atoms with Gasteiger partial charge in [0.05, 0.1) is 6.20 Å². The number of carbonyl (C=O) groups is 2. The minimum atomic E-state index is -1.09. The smallest absolute Gasteiger partial charge is 0.326 e. The lowest BCUT2D eigenvalue weighted by atomic mass is 10.2. The van der Waals surface area contributed by atoms with Gasteiger partial charge in [-0.1, -0.05) is 6.08 Å². The summed E-state index contributed by atoms with van der Waals surface area (Å²) in [6, 6.07) is -1.50. The molecule has 92 valence electrons. The summed E-state index contributed by atoms with van der Waals surface area (Å²) in [6.45, 7) is 3.71. The molecule has 1 unspecified atom stereocenters. The molecule has 1 atom stereocenters. The Morgan fingerprint density at radius 2 is 2.41 bits per heavy atom. The quantitative estimate of drug-likeness (QED) is 0.532. The third-order valence-electron chi connectivity index (χ3n) is 2.01. The molecule has 0 aliphatic carbocycles. The molecule has 0 bridgehead atoms. The Labute approximate surface area is 97.9 Å². The van der Waals surface area contributed by atoms with E-state index in [2.05, 4.69) is 27.4 Å². The van der Waals surface area contributed by atoms with Crippen LogP contribution in [-0.4, -0.2) is 33.3 Å². The predicted octanol–water partition coefficient (Wildman–Crippen LogP) is 0.238. The molecule has 1 rings (SSSR count). The van der Waals surface area contributed by atoms with Crippen molar-refractivity contribution in [2.75, 3.05) is 0 Å². The van der Waals surface area contributed by atoms with Gasteiger partial charge in [0.15, 0.2) is 0 Å². The number of carboxylic acid groups (broad SMARTS) is 1. The highest BCUT2D eigenvalue weighted by atomic mass is 16.4. The fourth-order valence-corrected chi connectivity index (χ4v) is 1.15. The molecule has 0 spiro atoms. The summed E-state index contributed by atoms with van der Waals surface area (Å²) in [5.41, 5.74) is 0.802. The zero-order valence-electron chi connectivity index (χ0n) is 9.14. The molecule has 1 heterocycles. The van der Waals surface area contributed by atoms with E-state index in [-0.39, 0.29) is 13.0 Å². The average molecular weight is 238 g/mol. The van der Waals surface area contributed by atoms with Crippen LogP contribution in [0, 0.1) is 0 Å². The SMILES string of the molecule is C=CCC(NC(=O)NCc1cn[nH]c1)C(=O)O. The van der Waals surface area contributed by atoms with E-state index in [1.807, 2.05) is 0 Å². The van der Waals surface area contributed by atoms with E-state index in [0.717, 1.165) is 5.56 Å². The number of amides is 2. The first kappa shape index (κ1) is 12.8. The third kappa shape index (κ3) is 4.37. The number of carbonyl (C=O) groups excluding carboxylic acids is 1. The maximum absolute atomic E-state index is 11.4. The Morgan fingerprint density at radius 3 is 2.94 bits per heavy atom. The molecule has 0 aliphatic rings. The van der Waals surface area contributed by atoms with Crippen molar-refractivity contribution in [2.45, 2.75) is 19.0 Å². The van der Waals surface area contributed by atoms with Crippen LogP contribution in [0.2, 0.25) is 0 Å². The average Bonchev–Trinajstić information content (AvgIpc) is 2.78. The van der Waals surface area contributed by atoms with Crippen molar-refractivity contribution in [3.8, 4) is 0 Å². The monoisotopic (exact) mass is 238 g/mol. The van der Waals surface area contributed by atoms with E-state index >= 15 is 0 Å². The van der Waals surface area contributed by atoms with E-state index in [9.17, 15) is 9.59 Å². The minimum Gasteiger partial charge on any atom is -0.480 e. The molecule has 0 saturated heterocycles. The van der Waals surface area contributed by atoms with Gasteiger partial charge in [0.2, 0.25) is 0 Å². The largest absolute Gasteiger partial charge is 0.480 e. The van der Waals surface area contributed by atoms with Gasteiger partial charge in [0.25, 0.3) is 0 Å². The number of H-pyrrole nitrogens is 1. The van der Waals surface area contributed by atoms with Crippen LogP contribution in [0.25, 0.3) is 0 Å². The van der Waals surface area contributed by atoms with Gasteiger partial charge in [-0.05, 0) is 6.42 Å². The van der Waals surface area contributed by atoms with E-state index in [0.29, 0.717) is 0 Å². The Kier molecular flexibility index (Phi) is 4.74. The van der Waals surface area contributed by atoms with Crippen LogP contribution < -0.4 is 10.6 Å². The molecule has 0 aliphatic heterocycles. The molecular formula is C10H14N4O3. The van der Waals surface area contributed by atoms with Gasteiger partial charge in [-0.15, -0.1) is 6.58 Å². The van der Waals surface area contributed by atoms with Crippen LogP contribution in [0.15, 0.2) is 25.0 Å². The lowest BCUT2D eigenvalue weighted by Gasteiger charge is -2.12. The highest BCUT2D eigenvalue weighted by molar-refractivity contribution is 5.82. The molecule has 0 saturated carbocycles. The summed E-state index contributed by atoms with van der Waals surface area (Å²) < 4.78 is 0. The second kappa shape index (κ2) is 6.31. The molecule has 0 aromatic carbocycles. The van der Waals surface area contributed by atoms with E-state index in [1.54, 1.807) is 12.4 Å². The van der Waals surface area contributed by atoms with Crippen molar-refractivity contribution in [1.82, 2.24) is 20.8 Å². The summed E-state index contributed by atoms with van der Waals surface area (Å²) in [4.78, 5) is 22.1. The van der Waals surface area contributed by atoms with Gasteiger partial charge in [-0.3, -0.25) is 5.10 Å². The van der Waals surface area contributed by atoms with Gasteiger partial charge in [-0.25, -0.2) is 9.59 Å². The summed E-state index contributed by atoms with van der Waals surface area (Å²) in [5.74, 6) is -1.09. The molecule has 1 aromatic rings. The number of hydrogen-bond acceptors (Lipinski definition) is 3. The standard InChI is InChI=1S/C10H14N4O3/c1-2-3-8(9(15)16)14-10(17)11-4-7-5-12-13-6-7/h2,5-6,8H,1,3-4H2,(H,12,13)(H,15,16)(H2,11,14,17). The van der Waals surface area contributed by atoms with E-state index in [1.165, 1.54) is 6.08 Å². The summed E-state index contributed by atoms with van der Waals surface area (Å²) in [7, 11) is 0. The molecule has 7 heteroatoms. The number of urea groups is 1. The van der Waals surface area contributed by atoms with E-state index < -0.39 is 18.0 Å². The summed E-state index contributed by atoms with van der Waals surface area (Å²) in [5, 5.41) is 20.0. The number of hydrogen-bond donors (Lipinski definition) is 4. The zero-order chi connectivity index (χ0) is 12.7. The zero-order valence-corrected chi connectivity index (χ0v) is 9.14. The first-order chi connectivity index (χ1) is 8.13. The van der Waals surface area contributed by atoms with E-state index in [4.69, 9.17) is 5.11 Å². The van der Waals surface area contributed by atoms with Crippen LogP contribution >= 0.6 is 0 Å². The predicted molar refractivity (Wildman–Crippen MR) is 60.2 cm³/mol. The van der Waals surface area contributed by atoms with Gasteiger partial charge in [-0.2, -0.15) is 5.10 Å². The molecule has 7 nitrogen and oxygen atoms in total. The molecule has 0 radical (unpaired) electrons. The molecule has 17 heavy (non-hydrogen) atoms. The topological polar surface area (TPSA) is 107 Å². The lowest BCUT2D eigenvalue weighted by Crippen LogP contribution is -2.45. The van der Waals surface area contributed by atoms with Crippen LogP contribution in [0.1, 0.15) is 12.0 Å². The van der Waals surface area contributed by atoms with Crippen molar-refractivity contribution in [2.24, 2.45) is 0 Å². The Hall–Kier alpha value is -2.31. The fourth-order valence-electron chi connectivity index (χ4n) is 1.15. The maximum atomic E-state index is 11.4. The van der Waals surface area contributed by atoms with Gasteiger partial charge in [0.1, 0.15) is 6.04 Å². The second-order valence-corrected chi connectivity index (χ2v) is 3.35. The van der Waals surface area contributed by atoms with Gasteiger partial charge >= 0.3 is 12.0 Å². The number of aliphatic carboxylic acids is 1. The van der Waals surface area contributed by atoms with Crippen LogP contribution in [0.5, 0.6) is 0 Å². The molecular weight excluding hydrogens is 224 g/mol. The van der Waals surface area contributed by atoms with Crippen molar-refractivity contribution in [3.05, 3.63) is 30.6 Å². The number of aromatic amines is 1. The number of carboxylic acids is 1. The van der Waals surface area contributed by atoms with Crippen molar-refractivity contribution >= 4 is 12.0 Å². The van der Waals surface area contributed by atoms with Crippen molar-refractivity contribution in [1.29, 1.82) is 0 Å². The summed E-state index contributed by atoms with van der Waals surface area (Å²) in [6.07, 6.45) is 4.82. The van der Waals surface area contributed by atoms with Crippen LogP contribution in [0.3, 0.4) is 0 Å². The van der Waals surface area contributed by atoms with Crippen molar-refractivity contribution < 1.29 is 14.7 Å². The summed E-state index contributed by atoms with van der Waals surface area (Å²) >= 11 is 0. The minimum absolute atomic E-state index is 0.175. The first-order valence-electron chi connectivity index (χ1n) is 4.99. The molecule has 0 fully saturated rings. The van der Waals surface area contributed by atoms with Crippen molar-refractivity contribution in [3.63, 3.8) is 0 Å². The Morgan fingerprint density at radius 1 is 1.65 bits per heavy atom. The fraction of sp³-hybridized carbons (Fsp3) is 0.300. The number of rotatable bonds is 6. The van der Waals surface area contributed by atoms with Gasteiger partial charge < -0.3 is 15.7 Å². The number of nitrogens with one attached hydrogen (secondary N) is 3. The number of aromatic nitrogens is 2. The third-order valence-corrected chi connectivity index (χ3v) is 2.01. The normalized spacial score (nSPS) is 11.5. The lowest BCUT2D eigenvalue weighted by molar-refractivity contribution is -0.139.